The van der Waals surface area contributed by atoms with Crippen molar-refractivity contribution in [1.82, 2.24) is 5.32 Å². The summed E-state index contributed by atoms with van der Waals surface area (Å²) in [5.74, 6) is 0.365. The molecule has 23 heavy (non-hydrogen) atoms. The van der Waals surface area contributed by atoms with Crippen LogP contribution < -0.4 is 11.1 Å². The number of carbonyl (C=O) groups excluding carboxylic acids is 1. The maximum Gasteiger partial charge on any atom is 0.306 e. The quantitative estimate of drug-likeness (QED) is 0.314. The van der Waals surface area contributed by atoms with Gasteiger partial charge in [-0.1, -0.05) is 12.5 Å². The van der Waals surface area contributed by atoms with Crippen LogP contribution in [0.25, 0.3) is 0 Å². The van der Waals surface area contributed by atoms with Crippen molar-refractivity contribution in [3.05, 3.63) is 22.4 Å². The van der Waals surface area contributed by atoms with E-state index in [0.717, 1.165) is 32.2 Å². The number of esters is 1. The molecule has 0 aliphatic heterocycles. The van der Waals surface area contributed by atoms with Crippen molar-refractivity contribution >= 4 is 23.3 Å². The number of hydrogen-bond donors (Lipinski definition) is 2. The normalized spacial score (nSPS) is 12.2. The first-order valence-electron chi connectivity index (χ1n) is 8.15. The molecule has 0 aliphatic rings. The summed E-state index contributed by atoms with van der Waals surface area (Å²) in [7, 11) is 0. The fraction of sp³-hybridized carbons (Fsp3) is 0.647. The van der Waals surface area contributed by atoms with E-state index in [1.54, 1.807) is 11.3 Å². The minimum Gasteiger partial charge on any atom is -0.460 e. The zero-order chi connectivity index (χ0) is 17.1. The van der Waals surface area contributed by atoms with Gasteiger partial charge in [0.1, 0.15) is 5.60 Å². The molecule has 1 aromatic heterocycles. The third kappa shape index (κ3) is 10.7. The number of carbonyl (C=O) groups is 1. The Morgan fingerprint density at radius 2 is 2.13 bits per heavy atom. The Hall–Kier alpha value is -1.56. The molecule has 0 fully saturated rings. The molecule has 0 radical (unpaired) electrons. The second-order valence-electron chi connectivity index (χ2n) is 6.42. The van der Waals surface area contributed by atoms with Crippen LogP contribution in [-0.4, -0.2) is 30.6 Å². The van der Waals surface area contributed by atoms with Gasteiger partial charge in [0.15, 0.2) is 5.96 Å². The predicted molar refractivity (Wildman–Crippen MR) is 96.8 cm³/mol. The Morgan fingerprint density at radius 1 is 1.35 bits per heavy atom. The average molecular weight is 340 g/mol. The SMILES string of the molecule is CC(C)(C)OC(=O)CCCCCN=C(N)NCCc1cccs1. The molecule has 0 bridgehead atoms. The Kier molecular flexibility index (Phi) is 8.69. The fourth-order valence-electron chi connectivity index (χ4n) is 1.97. The molecule has 0 aromatic carbocycles. The van der Waals surface area contributed by atoms with Gasteiger partial charge in [-0.15, -0.1) is 11.3 Å². The summed E-state index contributed by atoms with van der Waals surface area (Å²) >= 11 is 1.75. The van der Waals surface area contributed by atoms with Crippen molar-refractivity contribution in [2.45, 2.75) is 58.5 Å². The van der Waals surface area contributed by atoms with Crippen molar-refractivity contribution in [3.63, 3.8) is 0 Å². The summed E-state index contributed by atoms with van der Waals surface area (Å²) in [6.45, 7) is 7.14. The molecule has 6 heteroatoms. The number of ether oxygens (including phenoxy) is 1. The summed E-state index contributed by atoms with van der Waals surface area (Å²) in [5.41, 5.74) is 5.42. The number of nitrogens with two attached hydrogens (primary N) is 1. The number of guanidine groups is 1. The molecular weight excluding hydrogens is 310 g/mol. The first-order chi connectivity index (χ1) is 10.9. The van der Waals surface area contributed by atoms with Crippen LogP contribution in [0.3, 0.4) is 0 Å². The van der Waals surface area contributed by atoms with Gasteiger partial charge in [0, 0.05) is 24.4 Å². The van der Waals surface area contributed by atoms with Gasteiger partial charge in [-0.05, 0) is 51.5 Å². The van der Waals surface area contributed by atoms with Gasteiger partial charge in [-0.3, -0.25) is 9.79 Å². The molecule has 130 valence electrons. The maximum absolute atomic E-state index is 11.5. The zero-order valence-electron chi connectivity index (χ0n) is 14.4. The number of hydrogen-bond acceptors (Lipinski definition) is 4. The van der Waals surface area contributed by atoms with E-state index in [0.29, 0.717) is 18.9 Å². The average Bonchev–Trinajstić information content (AvgIpc) is 2.94. The maximum atomic E-state index is 11.5. The van der Waals surface area contributed by atoms with Crippen molar-refractivity contribution in [2.75, 3.05) is 13.1 Å². The molecule has 0 spiro atoms. The summed E-state index contributed by atoms with van der Waals surface area (Å²) in [6, 6.07) is 4.17. The number of unbranched alkanes of at least 4 members (excludes halogenated alkanes) is 2. The number of nitrogens with zero attached hydrogens (tertiary/aromatic N) is 1. The highest BCUT2D eigenvalue weighted by atomic mass is 32.1. The minimum atomic E-state index is -0.398. The van der Waals surface area contributed by atoms with Crippen LogP contribution >= 0.6 is 11.3 Å². The fourth-order valence-corrected chi connectivity index (χ4v) is 2.68. The lowest BCUT2D eigenvalue weighted by Gasteiger charge is -2.19. The third-order valence-electron chi connectivity index (χ3n) is 3.00. The Morgan fingerprint density at radius 3 is 2.78 bits per heavy atom. The Bertz CT molecular complexity index is 479. The number of thiophene rings is 1. The Balaban J connectivity index is 2.01. The molecule has 0 amide bonds. The van der Waals surface area contributed by atoms with E-state index in [4.69, 9.17) is 10.5 Å². The molecule has 0 aliphatic carbocycles. The highest BCUT2D eigenvalue weighted by Crippen LogP contribution is 2.10. The van der Waals surface area contributed by atoms with Crippen molar-refractivity contribution < 1.29 is 9.53 Å². The lowest BCUT2D eigenvalue weighted by Crippen LogP contribution is -2.33. The van der Waals surface area contributed by atoms with Crippen LogP contribution in [0.1, 0.15) is 51.3 Å². The number of nitrogens with one attached hydrogen (secondary N) is 1. The van der Waals surface area contributed by atoms with E-state index in [2.05, 4.69) is 27.8 Å². The minimum absolute atomic E-state index is 0.129. The van der Waals surface area contributed by atoms with Gasteiger partial charge in [-0.2, -0.15) is 0 Å². The van der Waals surface area contributed by atoms with Gasteiger partial charge in [0.05, 0.1) is 0 Å². The summed E-state index contributed by atoms with van der Waals surface area (Å²) in [5, 5.41) is 5.19. The first kappa shape index (κ1) is 19.5. The van der Waals surface area contributed by atoms with Gasteiger partial charge in [-0.25, -0.2) is 0 Å². The third-order valence-corrected chi connectivity index (χ3v) is 3.93. The molecule has 1 aromatic rings. The highest BCUT2D eigenvalue weighted by molar-refractivity contribution is 7.09. The van der Waals surface area contributed by atoms with E-state index in [-0.39, 0.29) is 5.97 Å². The van der Waals surface area contributed by atoms with E-state index in [1.807, 2.05) is 20.8 Å². The first-order valence-corrected chi connectivity index (χ1v) is 9.03. The van der Waals surface area contributed by atoms with Gasteiger partial charge in [0.2, 0.25) is 0 Å². The van der Waals surface area contributed by atoms with Gasteiger partial charge < -0.3 is 15.8 Å². The van der Waals surface area contributed by atoms with Crippen LogP contribution in [0.15, 0.2) is 22.5 Å². The van der Waals surface area contributed by atoms with E-state index in [1.165, 1.54) is 4.88 Å². The molecule has 5 nitrogen and oxygen atoms in total. The molecule has 1 heterocycles. The van der Waals surface area contributed by atoms with Gasteiger partial charge >= 0.3 is 5.97 Å². The standard InChI is InChI=1S/C17H29N3O2S/c1-17(2,3)22-15(21)9-5-4-6-11-19-16(18)20-12-10-14-8-7-13-23-14/h7-8,13H,4-6,9-12H2,1-3H3,(H3,18,19,20). The molecule has 0 atom stereocenters. The Labute approximate surface area is 143 Å². The molecule has 0 saturated heterocycles. The van der Waals surface area contributed by atoms with Gasteiger partial charge in [0.25, 0.3) is 0 Å². The van der Waals surface area contributed by atoms with Crippen molar-refractivity contribution in [2.24, 2.45) is 10.7 Å². The second-order valence-corrected chi connectivity index (χ2v) is 7.45. The predicted octanol–water partition coefficient (Wildman–Crippen LogP) is 3.10. The topological polar surface area (TPSA) is 76.7 Å². The van der Waals surface area contributed by atoms with Crippen LogP contribution in [0.5, 0.6) is 0 Å². The van der Waals surface area contributed by atoms with E-state index >= 15 is 0 Å². The second kappa shape index (κ2) is 10.3. The molecule has 3 N–H and O–H groups in total. The zero-order valence-corrected chi connectivity index (χ0v) is 15.2. The van der Waals surface area contributed by atoms with E-state index in [9.17, 15) is 4.79 Å². The monoisotopic (exact) mass is 339 g/mol. The molecule has 0 unspecified atom stereocenters. The molecular formula is C17H29N3O2S. The van der Waals surface area contributed by atoms with Crippen molar-refractivity contribution in [1.29, 1.82) is 0 Å². The lowest BCUT2D eigenvalue weighted by molar-refractivity contribution is -0.154. The number of aliphatic imine (C=N–C) groups is 1. The highest BCUT2D eigenvalue weighted by Gasteiger charge is 2.15. The van der Waals surface area contributed by atoms with E-state index < -0.39 is 5.60 Å². The summed E-state index contributed by atoms with van der Waals surface area (Å²) in [4.78, 5) is 17.2. The van der Waals surface area contributed by atoms with Crippen molar-refractivity contribution in [3.8, 4) is 0 Å². The van der Waals surface area contributed by atoms with Crippen LogP contribution in [-0.2, 0) is 16.0 Å². The number of rotatable bonds is 9. The van der Waals surface area contributed by atoms with Crippen LogP contribution in [0.4, 0.5) is 0 Å². The summed E-state index contributed by atoms with van der Waals surface area (Å²) < 4.78 is 5.26. The smallest absolute Gasteiger partial charge is 0.306 e. The largest absolute Gasteiger partial charge is 0.460 e. The van der Waals surface area contributed by atoms with Crippen LogP contribution in [0, 0.1) is 0 Å². The summed E-state index contributed by atoms with van der Waals surface area (Å²) in [6.07, 6.45) is 4.14. The lowest BCUT2D eigenvalue weighted by atomic mass is 10.1. The van der Waals surface area contributed by atoms with Crippen LogP contribution in [0.2, 0.25) is 0 Å². The molecule has 0 saturated carbocycles. The molecule has 1 rings (SSSR count).